The maximum absolute atomic E-state index is 5.62. The summed E-state index contributed by atoms with van der Waals surface area (Å²) in [6.45, 7) is 5.00. The van der Waals surface area contributed by atoms with Gasteiger partial charge in [-0.2, -0.15) is 0 Å². The van der Waals surface area contributed by atoms with E-state index in [4.69, 9.17) is 9.15 Å². The molecule has 2 rings (SSSR count). The van der Waals surface area contributed by atoms with Crippen molar-refractivity contribution in [1.29, 1.82) is 0 Å². The standard InChI is InChI=1S/C16H21NO2/c1-3-9-18-16-7-4-6-14(12-16)17-13(2)11-15-8-5-10-19-15/h4-8,10,12-13,17H,3,9,11H2,1-2H3. The van der Waals surface area contributed by atoms with Crippen LogP contribution in [0.15, 0.2) is 47.1 Å². The summed E-state index contributed by atoms with van der Waals surface area (Å²) >= 11 is 0. The molecular formula is C16H21NO2. The lowest BCUT2D eigenvalue weighted by molar-refractivity contribution is 0.317. The van der Waals surface area contributed by atoms with E-state index in [1.54, 1.807) is 6.26 Å². The molecule has 2 aromatic rings. The van der Waals surface area contributed by atoms with Crippen molar-refractivity contribution in [2.24, 2.45) is 0 Å². The second-order valence-corrected chi connectivity index (χ2v) is 4.71. The van der Waals surface area contributed by atoms with Crippen LogP contribution < -0.4 is 10.1 Å². The lowest BCUT2D eigenvalue weighted by Crippen LogP contribution is -2.17. The quantitative estimate of drug-likeness (QED) is 0.812. The Balaban J connectivity index is 1.90. The van der Waals surface area contributed by atoms with E-state index < -0.39 is 0 Å². The number of benzene rings is 1. The Morgan fingerprint density at radius 1 is 1.26 bits per heavy atom. The van der Waals surface area contributed by atoms with Crippen molar-refractivity contribution in [3.8, 4) is 5.75 Å². The van der Waals surface area contributed by atoms with Gasteiger partial charge in [0.25, 0.3) is 0 Å². The van der Waals surface area contributed by atoms with E-state index in [9.17, 15) is 0 Å². The van der Waals surface area contributed by atoms with E-state index in [0.717, 1.165) is 36.6 Å². The molecule has 1 N–H and O–H groups in total. The van der Waals surface area contributed by atoms with E-state index in [0.29, 0.717) is 6.04 Å². The SMILES string of the molecule is CCCOc1cccc(NC(C)Cc2ccco2)c1. The molecule has 3 nitrogen and oxygen atoms in total. The van der Waals surface area contributed by atoms with Gasteiger partial charge in [0.1, 0.15) is 11.5 Å². The molecule has 0 saturated carbocycles. The second kappa shape index (κ2) is 6.88. The molecule has 0 amide bonds. The van der Waals surface area contributed by atoms with E-state index >= 15 is 0 Å². The highest BCUT2D eigenvalue weighted by Crippen LogP contribution is 2.19. The summed E-state index contributed by atoms with van der Waals surface area (Å²) < 4.78 is 11.0. The molecule has 0 bridgehead atoms. The molecule has 0 fully saturated rings. The summed E-state index contributed by atoms with van der Waals surface area (Å²) in [6, 6.07) is 12.3. The summed E-state index contributed by atoms with van der Waals surface area (Å²) in [6.07, 6.45) is 3.60. The number of hydrogen-bond donors (Lipinski definition) is 1. The Labute approximate surface area is 114 Å². The van der Waals surface area contributed by atoms with E-state index in [-0.39, 0.29) is 0 Å². The maximum Gasteiger partial charge on any atom is 0.121 e. The first kappa shape index (κ1) is 13.5. The molecule has 0 spiro atoms. The van der Waals surface area contributed by atoms with Crippen LogP contribution in [0.4, 0.5) is 5.69 Å². The summed E-state index contributed by atoms with van der Waals surface area (Å²) in [5.74, 6) is 1.91. The minimum Gasteiger partial charge on any atom is -0.494 e. The Bertz CT molecular complexity index is 479. The van der Waals surface area contributed by atoms with Gasteiger partial charge in [0.2, 0.25) is 0 Å². The third kappa shape index (κ3) is 4.36. The van der Waals surface area contributed by atoms with E-state index in [1.807, 2.05) is 30.3 Å². The summed E-state index contributed by atoms with van der Waals surface area (Å²) in [7, 11) is 0. The van der Waals surface area contributed by atoms with Crippen LogP contribution in [0, 0.1) is 0 Å². The largest absolute Gasteiger partial charge is 0.494 e. The van der Waals surface area contributed by atoms with Crippen molar-refractivity contribution in [2.75, 3.05) is 11.9 Å². The lowest BCUT2D eigenvalue weighted by Gasteiger charge is -2.15. The van der Waals surface area contributed by atoms with Crippen LogP contribution in [0.3, 0.4) is 0 Å². The Kier molecular flexibility index (Phi) is 4.90. The van der Waals surface area contributed by atoms with Gasteiger partial charge < -0.3 is 14.5 Å². The Hall–Kier alpha value is -1.90. The molecule has 1 atom stereocenters. The van der Waals surface area contributed by atoms with Crippen molar-refractivity contribution in [3.63, 3.8) is 0 Å². The van der Waals surface area contributed by atoms with Gasteiger partial charge in [-0.15, -0.1) is 0 Å². The molecule has 0 aliphatic heterocycles. The molecule has 0 saturated heterocycles. The first-order valence-electron chi connectivity index (χ1n) is 6.79. The van der Waals surface area contributed by atoms with Gasteiger partial charge in [0.15, 0.2) is 0 Å². The Morgan fingerprint density at radius 3 is 2.89 bits per heavy atom. The molecule has 1 aromatic heterocycles. The molecule has 102 valence electrons. The first-order valence-corrected chi connectivity index (χ1v) is 6.79. The average Bonchev–Trinajstić information content (AvgIpc) is 2.89. The van der Waals surface area contributed by atoms with Gasteiger partial charge >= 0.3 is 0 Å². The second-order valence-electron chi connectivity index (χ2n) is 4.71. The Morgan fingerprint density at radius 2 is 2.16 bits per heavy atom. The van der Waals surface area contributed by atoms with Crippen LogP contribution in [0.5, 0.6) is 5.75 Å². The van der Waals surface area contributed by atoms with E-state index in [1.165, 1.54) is 0 Å². The molecule has 1 unspecified atom stereocenters. The third-order valence-corrected chi connectivity index (χ3v) is 2.81. The van der Waals surface area contributed by atoms with Gasteiger partial charge in [0, 0.05) is 24.2 Å². The number of furan rings is 1. The van der Waals surface area contributed by atoms with Gasteiger partial charge in [-0.25, -0.2) is 0 Å². The monoisotopic (exact) mass is 259 g/mol. The zero-order valence-electron chi connectivity index (χ0n) is 11.6. The normalized spacial score (nSPS) is 12.1. The number of rotatable bonds is 7. The van der Waals surface area contributed by atoms with Crippen molar-refractivity contribution >= 4 is 5.69 Å². The molecule has 3 heteroatoms. The molecule has 0 aliphatic rings. The average molecular weight is 259 g/mol. The molecular weight excluding hydrogens is 238 g/mol. The number of anilines is 1. The lowest BCUT2D eigenvalue weighted by atomic mass is 10.2. The molecule has 0 radical (unpaired) electrons. The van der Waals surface area contributed by atoms with E-state index in [2.05, 4.69) is 25.2 Å². The molecule has 1 heterocycles. The minimum absolute atomic E-state index is 0.313. The fraction of sp³-hybridized carbons (Fsp3) is 0.375. The van der Waals surface area contributed by atoms with Gasteiger partial charge in [-0.05, 0) is 37.6 Å². The van der Waals surface area contributed by atoms with Gasteiger partial charge in [-0.3, -0.25) is 0 Å². The summed E-state index contributed by atoms with van der Waals surface area (Å²) in [5.41, 5.74) is 1.08. The first-order chi connectivity index (χ1) is 9.28. The predicted octanol–water partition coefficient (Wildman–Crippen LogP) is 4.11. The van der Waals surface area contributed by atoms with Crippen molar-refractivity contribution in [2.45, 2.75) is 32.7 Å². The summed E-state index contributed by atoms with van der Waals surface area (Å²) in [5, 5.41) is 3.46. The predicted molar refractivity (Wildman–Crippen MR) is 77.7 cm³/mol. The highest BCUT2D eigenvalue weighted by molar-refractivity contribution is 5.48. The summed E-state index contributed by atoms with van der Waals surface area (Å²) in [4.78, 5) is 0. The smallest absolute Gasteiger partial charge is 0.121 e. The van der Waals surface area contributed by atoms with Crippen molar-refractivity contribution in [1.82, 2.24) is 0 Å². The molecule has 1 aromatic carbocycles. The van der Waals surface area contributed by atoms with Crippen LogP contribution in [-0.2, 0) is 6.42 Å². The molecule has 19 heavy (non-hydrogen) atoms. The van der Waals surface area contributed by atoms with Crippen molar-refractivity contribution in [3.05, 3.63) is 48.4 Å². The highest BCUT2D eigenvalue weighted by atomic mass is 16.5. The van der Waals surface area contributed by atoms with Crippen LogP contribution in [0.25, 0.3) is 0 Å². The third-order valence-electron chi connectivity index (χ3n) is 2.81. The fourth-order valence-corrected chi connectivity index (χ4v) is 1.96. The van der Waals surface area contributed by atoms with Crippen molar-refractivity contribution < 1.29 is 9.15 Å². The van der Waals surface area contributed by atoms with Crippen LogP contribution >= 0.6 is 0 Å². The zero-order chi connectivity index (χ0) is 13.5. The molecule has 0 aliphatic carbocycles. The van der Waals surface area contributed by atoms with Crippen LogP contribution in [0.2, 0.25) is 0 Å². The van der Waals surface area contributed by atoms with Crippen LogP contribution in [0.1, 0.15) is 26.0 Å². The number of ether oxygens (including phenoxy) is 1. The zero-order valence-corrected chi connectivity index (χ0v) is 11.6. The highest BCUT2D eigenvalue weighted by Gasteiger charge is 2.06. The van der Waals surface area contributed by atoms with Gasteiger partial charge in [0.05, 0.1) is 12.9 Å². The maximum atomic E-state index is 5.62. The number of nitrogens with one attached hydrogen (secondary N) is 1. The van der Waals surface area contributed by atoms with Crippen LogP contribution in [-0.4, -0.2) is 12.6 Å². The number of hydrogen-bond acceptors (Lipinski definition) is 3. The fourth-order valence-electron chi connectivity index (χ4n) is 1.96. The minimum atomic E-state index is 0.313. The topological polar surface area (TPSA) is 34.4 Å². The van der Waals surface area contributed by atoms with Gasteiger partial charge in [-0.1, -0.05) is 13.0 Å².